The van der Waals surface area contributed by atoms with Crippen LogP contribution in [-0.2, 0) is 0 Å². The van der Waals surface area contributed by atoms with E-state index in [2.05, 4.69) is 37.2 Å². The Labute approximate surface area is 118 Å². The Kier molecular flexibility index (Phi) is 3.03. The molecular formula is C17H16N2O. The Morgan fingerprint density at radius 2 is 1.75 bits per heavy atom. The normalized spacial score (nSPS) is 10.7. The minimum absolute atomic E-state index is 0.423. The summed E-state index contributed by atoms with van der Waals surface area (Å²) >= 11 is 0. The second kappa shape index (κ2) is 4.85. The van der Waals surface area contributed by atoms with Crippen molar-refractivity contribution in [1.29, 1.82) is 0 Å². The maximum atomic E-state index is 5.99. The van der Waals surface area contributed by atoms with Crippen molar-refractivity contribution >= 4 is 5.82 Å². The number of nitrogens with two attached hydrogens (primary N) is 1. The fraction of sp³-hybridized carbons (Fsp3) is 0.118. The second-order valence-electron chi connectivity index (χ2n) is 4.96. The van der Waals surface area contributed by atoms with Gasteiger partial charge in [-0.05, 0) is 31.0 Å². The summed E-state index contributed by atoms with van der Waals surface area (Å²) in [5, 5.41) is 3.94. The van der Waals surface area contributed by atoms with Gasteiger partial charge in [0.05, 0.1) is 5.56 Å². The zero-order valence-electron chi connectivity index (χ0n) is 11.6. The first-order chi connectivity index (χ1) is 9.66. The van der Waals surface area contributed by atoms with E-state index >= 15 is 0 Å². The van der Waals surface area contributed by atoms with Crippen LogP contribution in [0.1, 0.15) is 11.1 Å². The van der Waals surface area contributed by atoms with Crippen LogP contribution in [0.25, 0.3) is 22.5 Å². The molecule has 1 aromatic heterocycles. The lowest BCUT2D eigenvalue weighted by Gasteiger charge is -2.06. The van der Waals surface area contributed by atoms with Gasteiger partial charge >= 0.3 is 0 Å². The first-order valence-electron chi connectivity index (χ1n) is 6.55. The fourth-order valence-corrected chi connectivity index (χ4v) is 2.35. The number of aryl methyl sites for hydroxylation is 2. The van der Waals surface area contributed by atoms with Crippen LogP contribution >= 0.6 is 0 Å². The van der Waals surface area contributed by atoms with Crippen LogP contribution in [0.4, 0.5) is 5.82 Å². The largest absolute Gasteiger partial charge is 0.380 e. The molecule has 0 atom stereocenters. The van der Waals surface area contributed by atoms with Crippen LogP contribution in [0.5, 0.6) is 0 Å². The Hall–Kier alpha value is -2.55. The summed E-state index contributed by atoms with van der Waals surface area (Å²) in [5.41, 5.74) is 11.2. The van der Waals surface area contributed by atoms with Gasteiger partial charge in [-0.25, -0.2) is 0 Å². The van der Waals surface area contributed by atoms with Crippen molar-refractivity contribution < 1.29 is 4.52 Å². The Bertz CT molecular complexity index is 745. The van der Waals surface area contributed by atoms with Crippen molar-refractivity contribution in [3.8, 4) is 22.5 Å². The number of hydrogen-bond donors (Lipinski definition) is 1. The van der Waals surface area contributed by atoms with Gasteiger partial charge in [-0.1, -0.05) is 53.2 Å². The molecule has 0 amide bonds. The minimum Gasteiger partial charge on any atom is -0.380 e. The number of nitrogens with zero attached hydrogens (tertiary/aromatic N) is 1. The third-order valence-corrected chi connectivity index (χ3v) is 3.42. The lowest BCUT2D eigenvalue weighted by molar-refractivity contribution is 0.436. The molecule has 3 nitrogen and oxygen atoms in total. The van der Waals surface area contributed by atoms with Gasteiger partial charge in [0.15, 0.2) is 11.6 Å². The highest BCUT2D eigenvalue weighted by Gasteiger charge is 2.18. The molecule has 0 aliphatic rings. The van der Waals surface area contributed by atoms with Crippen LogP contribution in [-0.4, -0.2) is 5.16 Å². The highest BCUT2D eigenvalue weighted by Crippen LogP contribution is 2.37. The minimum atomic E-state index is 0.423. The molecule has 1 heterocycles. The van der Waals surface area contributed by atoms with Crippen LogP contribution in [0.15, 0.2) is 53.1 Å². The maximum Gasteiger partial charge on any atom is 0.177 e. The molecule has 3 rings (SSSR count). The number of benzene rings is 2. The first kappa shape index (κ1) is 12.5. The second-order valence-corrected chi connectivity index (χ2v) is 4.96. The highest BCUT2D eigenvalue weighted by molar-refractivity contribution is 5.87. The van der Waals surface area contributed by atoms with Crippen molar-refractivity contribution in [2.45, 2.75) is 13.8 Å². The van der Waals surface area contributed by atoms with E-state index in [-0.39, 0.29) is 0 Å². The van der Waals surface area contributed by atoms with E-state index in [0.717, 1.165) is 28.0 Å². The van der Waals surface area contributed by atoms with E-state index in [0.29, 0.717) is 5.82 Å². The molecule has 2 N–H and O–H groups in total. The van der Waals surface area contributed by atoms with Crippen LogP contribution in [0, 0.1) is 13.8 Å². The van der Waals surface area contributed by atoms with Crippen molar-refractivity contribution in [1.82, 2.24) is 5.16 Å². The van der Waals surface area contributed by atoms with E-state index in [1.165, 1.54) is 5.56 Å². The molecule has 0 fully saturated rings. The van der Waals surface area contributed by atoms with Crippen LogP contribution in [0.3, 0.4) is 0 Å². The molecule has 2 aromatic carbocycles. The predicted octanol–water partition coefficient (Wildman–Crippen LogP) is 4.21. The van der Waals surface area contributed by atoms with Crippen LogP contribution in [0.2, 0.25) is 0 Å². The summed E-state index contributed by atoms with van der Waals surface area (Å²) in [6.45, 7) is 4.12. The third kappa shape index (κ3) is 2.07. The molecule has 0 aliphatic heterocycles. The fourth-order valence-electron chi connectivity index (χ4n) is 2.35. The van der Waals surface area contributed by atoms with Gasteiger partial charge in [0.1, 0.15) is 0 Å². The number of anilines is 1. The number of aromatic nitrogens is 1. The van der Waals surface area contributed by atoms with E-state index in [1.807, 2.05) is 30.3 Å². The smallest absolute Gasteiger partial charge is 0.177 e. The van der Waals surface area contributed by atoms with Gasteiger partial charge in [0.2, 0.25) is 0 Å². The molecule has 100 valence electrons. The van der Waals surface area contributed by atoms with E-state index in [9.17, 15) is 0 Å². The molecule has 0 bridgehead atoms. The topological polar surface area (TPSA) is 52.0 Å². The van der Waals surface area contributed by atoms with Gasteiger partial charge in [-0.2, -0.15) is 0 Å². The summed E-state index contributed by atoms with van der Waals surface area (Å²) in [7, 11) is 0. The molecule has 0 saturated heterocycles. The molecule has 0 saturated carbocycles. The molecule has 0 radical (unpaired) electrons. The van der Waals surface area contributed by atoms with E-state index < -0.39 is 0 Å². The predicted molar refractivity (Wildman–Crippen MR) is 81.3 cm³/mol. The van der Waals surface area contributed by atoms with Crippen molar-refractivity contribution in [2.75, 3.05) is 5.73 Å². The van der Waals surface area contributed by atoms with E-state index in [1.54, 1.807) is 0 Å². The Morgan fingerprint density at radius 1 is 1.00 bits per heavy atom. The monoisotopic (exact) mass is 264 g/mol. The van der Waals surface area contributed by atoms with Gasteiger partial charge in [0, 0.05) is 5.56 Å². The molecular weight excluding hydrogens is 248 g/mol. The molecule has 0 unspecified atom stereocenters. The maximum absolute atomic E-state index is 5.99. The number of hydrogen-bond acceptors (Lipinski definition) is 3. The summed E-state index contributed by atoms with van der Waals surface area (Å²) in [6.07, 6.45) is 0. The number of nitrogen functional groups attached to an aromatic ring is 1. The van der Waals surface area contributed by atoms with Crippen molar-refractivity contribution in [3.05, 3.63) is 59.7 Å². The Balaban J connectivity index is 2.24. The quantitative estimate of drug-likeness (QED) is 0.754. The Morgan fingerprint density at radius 3 is 2.50 bits per heavy atom. The zero-order chi connectivity index (χ0) is 14.1. The zero-order valence-corrected chi connectivity index (χ0v) is 11.6. The molecule has 3 aromatic rings. The van der Waals surface area contributed by atoms with Gasteiger partial charge in [-0.3, -0.25) is 0 Å². The van der Waals surface area contributed by atoms with E-state index in [4.69, 9.17) is 10.3 Å². The lowest BCUT2D eigenvalue weighted by Crippen LogP contribution is -1.90. The van der Waals surface area contributed by atoms with Gasteiger partial charge in [-0.15, -0.1) is 0 Å². The van der Waals surface area contributed by atoms with Crippen molar-refractivity contribution in [2.24, 2.45) is 0 Å². The highest BCUT2D eigenvalue weighted by atomic mass is 16.5. The van der Waals surface area contributed by atoms with Gasteiger partial charge in [0.25, 0.3) is 0 Å². The summed E-state index contributed by atoms with van der Waals surface area (Å²) < 4.78 is 5.50. The molecule has 0 aliphatic carbocycles. The van der Waals surface area contributed by atoms with Crippen LogP contribution < -0.4 is 5.73 Å². The van der Waals surface area contributed by atoms with Gasteiger partial charge < -0.3 is 10.3 Å². The summed E-state index contributed by atoms with van der Waals surface area (Å²) in [4.78, 5) is 0. The molecule has 20 heavy (non-hydrogen) atoms. The molecule has 0 spiro atoms. The number of rotatable bonds is 2. The average molecular weight is 264 g/mol. The first-order valence-corrected chi connectivity index (χ1v) is 6.55. The summed E-state index contributed by atoms with van der Waals surface area (Å²) in [5.74, 6) is 1.15. The van der Waals surface area contributed by atoms with Crippen molar-refractivity contribution in [3.63, 3.8) is 0 Å². The standard InChI is InChI=1S/C17H16N2O/c1-11-8-9-12(2)14(10-11)16-15(17(18)19-20-16)13-6-4-3-5-7-13/h3-10H,1-2H3,(H2,18,19). The SMILES string of the molecule is Cc1ccc(C)c(-c2onc(N)c2-c2ccccc2)c1. The third-order valence-electron chi connectivity index (χ3n) is 3.42. The lowest BCUT2D eigenvalue weighted by atomic mass is 9.97. The molecule has 3 heteroatoms. The summed E-state index contributed by atoms with van der Waals surface area (Å²) in [6, 6.07) is 16.2. The average Bonchev–Trinajstić information content (AvgIpc) is 2.84.